The predicted octanol–water partition coefficient (Wildman–Crippen LogP) is 5.48. The number of benzene rings is 2. The second kappa shape index (κ2) is 13.4. The van der Waals surface area contributed by atoms with Gasteiger partial charge < -0.3 is 14.9 Å². The molecule has 1 unspecified atom stereocenters. The lowest BCUT2D eigenvalue weighted by atomic mass is 10.0. The Balaban J connectivity index is 0.000000532. The summed E-state index contributed by atoms with van der Waals surface area (Å²) in [5, 5.41) is 16.8. The fourth-order valence-corrected chi connectivity index (χ4v) is 4.14. The molecule has 3 aromatic rings. The molecule has 0 saturated carbocycles. The van der Waals surface area contributed by atoms with Gasteiger partial charge in [0, 0.05) is 60.4 Å². The van der Waals surface area contributed by atoms with E-state index in [4.69, 9.17) is 36.3 Å². The van der Waals surface area contributed by atoms with Crippen LogP contribution in [0.15, 0.2) is 54.7 Å². The molecule has 8 nitrogen and oxygen atoms in total. The lowest BCUT2D eigenvalue weighted by molar-refractivity contribution is -0.192. The van der Waals surface area contributed by atoms with Gasteiger partial charge in [-0.1, -0.05) is 36.7 Å². The van der Waals surface area contributed by atoms with E-state index >= 15 is 0 Å². The van der Waals surface area contributed by atoms with E-state index in [0.29, 0.717) is 17.5 Å². The average Bonchev–Trinajstić information content (AvgIpc) is 2.87. The molecule has 0 spiro atoms. The highest BCUT2D eigenvalue weighted by molar-refractivity contribution is 6.31. The second-order valence-electron chi connectivity index (χ2n) is 9.06. The van der Waals surface area contributed by atoms with Gasteiger partial charge in [-0.15, -0.1) is 0 Å². The second-order valence-corrected chi connectivity index (χ2v) is 9.47. The number of carboxylic acid groups (broad SMARTS) is 2. The van der Waals surface area contributed by atoms with Gasteiger partial charge in [0.15, 0.2) is 5.82 Å². The number of carbonyl (C=O) groups is 2. The van der Waals surface area contributed by atoms with E-state index in [2.05, 4.69) is 9.88 Å². The molecule has 0 fully saturated rings. The van der Waals surface area contributed by atoms with Crippen LogP contribution in [0, 0.1) is 5.92 Å². The number of rotatable bonds is 8. The first-order valence-corrected chi connectivity index (χ1v) is 12.4. The number of nitrogens with zero attached hydrogens (tertiary/aromatic N) is 3. The van der Waals surface area contributed by atoms with Gasteiger partial charge in [0.05, 0.1) is 5.69 Å². The van der Waals surface area contributed by atoms with E-state index in [-0.39, 0.29) is 12.3 Å². The summed E-state index contributed by atoms with van der Waals surface area (Å²) in [5.74, 6) is -1.92. The minimum atomic E-state index is -5.08. The summed E-state index contributed by atoms with van der Waals surface area (Å²) < 4.78 is 37.6. The van der Waals surface area contributed by atoms with Crippen LogP contribution in [0.4, 0.5) is 13.2 Å². The van der Waals surface area contributed by atoms with Gasteiger partial charge in [-0.25, -0.2) is 14.8 Å². The number of halogens is 4. The van der Waals surface area contributed by atoms with Crippen LogP contribution < -0.4 is 4.74 Å². The molecule has 0 amide bonds. The van der Waals surface area contributed by atoms with Crippen molar-refractivity contribution >= 4 is 23.5 Å². The van der Waals surface area contributed by atoms with E-state index in [1.807, 2.05) is 61.7 Å². The number of hydrogen-bond donors (Lipinski definition) is 2. The first kappa shape index (κ1) is 29.9. The number of fused-ring (bicyclic) bond motifs is 1. The van der Waals surface area contributed by atoms with Crippen LogP contribution in [0.2, 0.25) is 5.02 Å². The Hall–Kier alpha value is -3.70. The fraction of sp³-hybridized carbons (Fsp3) is 0.333. The lowest BCUT2D eigenvalue weighted by Gasteiger charge is -2.29. The minimum Gasteiger partial charge on any atom is -0.489 e. The van der Waals surface area contributed by atoms with Gasteiger partial charge in [-0.2, -0.15) is 13.2 Å². The Labute approximate surface area is 228 Å². The van der Waals surface area contributed by atoms with Gasteiger partial charge in [0.2, 0.25) is 0 Å². The van der Waals surface area contributed by atoms with Crippen LogP contribution in [-0.2, 0) is 29.2 Å². The largest absolute Gasteiger partial charge is 0.490 e. The molecule has 1 aliphatic heterocycles. The van der Waals surface area contributed by atoms with Crippen LogP contribution in [-0.4, -0.2) is 56.3 Å². The number of hydrogen-bond acceptors (Lipinski definition) is 6. The molecule has 2 heterocycles. The van der Waals surface area contributed by atoms with Crippen molar-refractivity contribution in [3.8, 4) is 17.1 Å². The highest BCUT2D eigenvalue weighted by atomic mass is 35.5. The summed E-state index contributed by atoms with van der Waals surface area (Å²) in [6.07, 6.45) is -2.16. The van der Waals surface area contributed by atoms with Crippen molar-refractivity contribution in [1.82, 2.24) is 14.9 Å². The monoisotopic (exact) mass is 565 g/mol. The first-order valence-electron chi connectivity index (χ1n) is 12.0. The van der Waals surface area contributed by atoms with Crippen molar-refractivity contribution in [1.29, 1.82) is 0 Å². The van der Waals surface area contributed by atoms with Crippen molar-refractivity contribution < 1.29 is 37.7 Å². The van der Waals surface area contributed by atoms with Gasteiger partial charge >= 0.3 is 18.1 Å². The Bertz CT molecular complexity index is 1290. The Morgan fingerprint density at radius 2 is 1.79 bits per heavy atom. The maximum atomic E-state index is 10.9. The third-order valence-corrected chi connectivity index (χ3v) is 6.18. The zero-order chi connectivity index (χ0) is 28.6. The summed E-state index contributed by atoms with van der Waals surface area (Å²) in [5.41, 5.74) is 4.07. The predicted molar refractivity (Wildman–Crippen MR) is 137 cm³/mol. The molecule has 1 aliphatic rings. The van der Waals surface area contributed by atoms with Gasteiger partial charge in [0.1, 0.15) is 12.4 Å². The zero-order valence-electron chi connectivity index (χ0n) is 21.0. The normalized spacial score (nSPS) is 14.0. The quantitative estimate of drug-likeness (QED) is 0.369. The van der Waals surface area contributed by atoms with Crippen molar-refractivity contribution in [3.63, 3.8) is 0 Å². The highest BCUT2D eigenvalue weighted by Crippen LogP contribution is 2.25. The summed E-state index contributed by atoms with van der Waals surface area (Å²) in [4.78, 5) is 31.4. The lowest BCUT2D eigenvalue weighted by Crippen LogP contribution is -2.35. The number of alkyl halides is 3. The molecule has 0 bridgehead atoms. The number of aromatic nitrogens is 2. The molecular weight excluding hydrogens is 539 g/mol. The molecule has 0 aliphatic carbocycles. The van der Waals surface area contributed by atoms with E-state index in [1.54, 1.807) is 0 Å². The number of aliphatic carboxylic acids is 2. The standard InChI is InChI=1S/C25H26ClN3O3.C2HF3O2/c1-17(12-24(30)31)14-29-11-10-23-20(15-29)13-27-25(28-23)18-6-8-21(9-7-18)32-16-19-4-2-3-5-22(19)26;3-2(4,5)1(6)7/h2-9,13,17H,10-12,14-16H2,1H3,(H,30,31);(H,6,7). The van der Waals surface area contributed by atoms with Crippen molar-refractivity contribution in [2.45, 2.75) is 39.1 Å². The van der Waals surface area contributed by atoms with E-state index < -0.39 is 18.1 Å². The van der Waals surface area contributed by atoms with Crippen LogP contribution in [0.3, 0.4) is 0 Å². The molecule has 2 N–H and O–H groups in total. The molecule has 2 aromatic carbocycles. The Morgan fingerprint density at radius 1 is 1.13 bits per heavy atom. The Kier molecular flexibility index (Phi) is 10.2. The zero-order valence-corrected chi connectivity index (χ0v) is 21.7. The van der Waals surface area contributed by atoms with Crippen LogP contribution in [0.5, 0.6) is 5.75 Å². The summed E-state index contributed by atoms with van der Waals surface area (Å²) >= 11 is 6.18. The van der Waals surface area contributed by atoms with Gasteiger partial charge in [0.25, 0.3) is 0 Å². The van der Waals surface area contributed by atoms with Crippen LogP contribution in [0.25, 0.3) is 11.4 Å². The SMILES string of the molecule is CC(CC(=O)O)CN1CCc2nc(-c3ccc(OCc4ccccc4Cl)cc3)ncc2C1.O=C(O)C(F)(F)F. The molecule has 39 heavy (non-hydrogen) atoms. The average molecular weight is 566 g/mol. The number of ether oxygens (including phenoxy) is 1. The van der Waals surface area contributed by atoms with E-state index in [9.17, 15) is 18.0 Å². The molecule has 208 valence electrons. The molecular formula is C27H27ClF3N3O5. The van der Waals surface area contributed by atoms with Crippen molar-refractivity contribution in [2.24, 2.45) is 5.92 Å². The minimum absolute atomic E-state index is 0.118. The smallest absolute Gasteiger partial charge is 0.489 e. The van der Waals surface area contributed by atoms with Crippen LogP contribution >= 0.6 is 11.6 Å². The molecule has 0 radical (unpaired) electrons. The van der Waals surface area contributed by atoms with E-state index in [1.165, 1.54) is 0 Å². The maximum Gasteiger partial charge on any atom is 0.490 e. The third kappa shape index (κ3) is 9.22. The fourth-order valence-electron chi connectivity index (χ4n) is 3.95. The molecule has 1 aromatic heterocycles. The van der Waals surface area contributed by atoms with Crippen LogP contribution in [0.1, 0.15) is 30.2 Å². The maximum absolute atomic E-state index is 10.9. The molecule has 1 atom stereocenters. The third-order valence-electron chi connectivity index (χ3n) is 5.81. The van der Waals surface area contributed by atoms with Gasteiger partial charge in [-0.05, 0) is 36.2 Å². The van der Waals surface area contributed by atoms with Crippen molar-refractivity contribution in [3.05, 3.63) is 76.6 Å². The number of carboxylic acids is 2. The Morgan fingerprint density at radius 3 is 2.41 bits per heavy atom. The summed E-state index contributed by atoms with van der Waals surface area (Å²) in [6, 6.07) is 15.4. The van der Waals surface area contributed by atoms with Gasteiger partial charge in [-0.3, -0.25) is 9.69 Å². The summed E-state index contributed by atoms with van der Waals surface area (Å²) in [6.45, 7) is 4.79. The molecule has 12 heteroatoms. The first-order chi connectivity index (χ1) is 18.4. The summed E-state index contributed by atoms with van der Waals surface area (Å²) in [7, 11) is 0. The van der Waals surface area contributed by atoms with Crippen molar-refractivity contribution in [2.75, 3.05) is 13.1 Å². The molecule has 4 rings (SSSR count). The van der Waals surface area contributed by atoms with E-state index in [0.717, 1.165) is 54.2 Å². The topological polar surface area (TPSA) is 113 Å². The highest BCUT2D eigenvalue weighted by Gasteiger charge is 2.38. The molecule has 0 saturated heterocycles.